The second-order valence-electron chi connectivity index (χ2n) is 5.89. The molecule has 4 rings (SSSR count). The van der Waals surface area contributed by atoms with Crippen molar-refractivity contribution >= 4 is 38.7 Å². The molecule has 5 nitrogen and oxygen atoms in total. The molecule has 0 radical (unpaired) electrons. The molecule has 1 N–H and O–H groups in total. The number of nitrogens with zero attached hydrogens (tertiary/aromatic N) is 3. The van der Waals surface area contributed by atoms with Crippen LogP contribution in [0, 0.1) is 13.8 Å². The van der Waals surface area contributed by atoms with Crippen molar-refractivity contribution < 1.29 is 4.79 Å². The second-order valence-corrected chi connectivity index (χ2v) is 7.62. The van der Waals surface area contributed by atoms with Gasteiger partial charge in [-0.15, -0.1) is 22.7 Å². The van der Waals surface area contributed by atoms with E-state index in [1.807, 2.05) is 27.6 Å². The molecule has 1 amide bonds. The minimum Gasteiger partial charge on any atom is -0.302 e. The number of amides is 1. The Balaban J connectivity index is 1.45. The molecular formula is C18H16N4OS2. The van der Waals surface area contributed by atoms with Crippen molar-refractivity contribution in [3.05, 3.63) is 58.2 Å². The molecule has 0 spiro atoms. The number of anilines is 1. The standard InChI is InChI=1S/C18H16N4OS2/c1-11-3-4-13(7-12(11)2)15-10-25-17(20-15)21-16(23)8-14-9-22-5-6-24-18(22)19-14/h3-7,9-10H,8H2,1-2H3,(H,20,21,23). The highest BCUT2D eigenvalue weighted by molar-refractivity contribution is 7.15. The number of aryl methyl sites for hydroxylation is 2. The van der Waals surface area contributed by atoms with E-state index >= 15 is 0 Å². The number of nitrogens with one attached hydrogen (secondary N) is 1. The maximum absolute atomic E-state index is 12.2. The van der Waals surface area contributed by atoms with Gasteiger partial charge in [-0.25, -0.2) is 9.97 Å². The van der Waals surface area contributed by atoms with E-state index in [-0.39, 0.29) is 12.3 Å². The Hall–Kier alpha value is -2.51. The fraction of sp³-hybridized carbons (Fsp3) is 0.167. The number of carbonyl (C=O) groups excluding carboxylic acids is 1. The van der Waals surface area contributed by atoms with Crippen LogP contribution in [0.4, 0.5) is 5.13 Å². The molecule has 25 heavy (non-hydrogen) atoms. The van der Waals surface area contributed by atoms with Gasteiger partial charge in [-0.05, 0) is 31.0 Å². The van der Waals surface area contributed by atoms with E-state index in [0.29, 0.717) is 5.13 Å². The molecule has 3 aromatic heterocycles. The Kier molecular flexibility index (Phi) is 4.10. The Morgan fingerprint density at radius 1 is 1.20 bits per heavy atom. The summed E-state index contributed by atoms with van der Waals surface area (Å²) in [7, 11) is 0. The van der Waals surface area contributed by atoms with Gasteiger partial charge in [0.2, 0.25) is 5.91 Å². The van der Waals surface area contributed by atoms with Gasteiger partial charge in [0.1, 0.15) is 0 Å². The van der Waals surface area contributed by atoms with Crippen molar-refractivity contribution in [3.8, 4) is 11.3 Å². The highest BCUT2D eigenvalue weighted by atomic mass is 32.1. The second kappa shape index (κ2) is 6.42. The minimum absolute atomic E-state index is 0.105. The van der Waals surface area contributed by atoms with Gasteiger partial charge in [0.15, 0.2) is 10.1 Å². The lowest BCUT2D eigenvalue weighted by atomic mass is 10.1. The first-order chi connectivity index (χ1) is 12.1. The maximum Gasteiger partial charge on any atom is 0.232 e. The predicted molar refractivity (Wildman–Crippen MR) is 102 cm³/mol. The lowest BCUT2D eigenvalue weighted by Crippen LogP contribution is -2.14. The van der Waals surface area contributed by atoms with Crippen LogP contribution in [0.1, 0.15) is 16.8 Å². The van der Waals surface area contributed by atoms with E-state index in [9.17, 15) is 4.79 Å². The Morgan fingerprint density at radius 2 is 2.08 bits per heavy atom. The van der Waals surface area contributed by atoms with Gasteiger partial charge in [0.25, 0.3) is 0 Å². The maximum atomic E-state index is 12.2. The zero-order valence-corrected chi connectivity index (χ0v) is 15.4. The average Bonchev–Trinajstić information content (AvgIpc) is 3.26. The third-order valence-electron chi connectivity index (χ3n) is 4.04. The van der Waals surface area contributed by atoms with Gasteiger partial charge in [0.05, 0.1) is 17.8 Å². The van der Waals surface area contributed by atoms with Gasteiger partial charge < -0.3 is 5.32 Å². The largest absolute Gasteiger partial charge is 0.302 e. The summed E-state index contributed by atoms with van der Waals surface area (Å²) in [5, 5.41) is 7.41. The van der Waals surface area contributed by atoms with Crippen LogP contribution < -0.4 is 5.32 Å². The van der Waals surface area contributed by atoms with Gasteiger partial charge >= 0.3 is 0 Å². The van der Waals surface area contributed by atoms with E-state index in [2.05, 4.69) is 47.3 Å². The number of fused-ring (bicyclic) bond motifs is 1. The van der Waals surface area contributed by atoms with Gasteiger partial charge in [-0.2, -0.15) is 0 Å². The molecule has 4 aromatic rings. The molecule has 0 fully saturated rings. The Labute approximate surface area is 153 Å². The van der Waals surface area contributed by atoms with E-state index in [1.165, 1.54) is 22.5 Å². The summed E-state index contributed by atoms with van der Waals surface area (Å²) < 4.78 is 1.93. The number of imidazole rings is 1. The number of carbonyl (C=O) groups is 1. The molecule has 7 heteroatoms. The van der Waals surface area contributed by atoms with Crippen molar-refractivity contribution in [2.75, 3.05) is 5.32 Å². The quantitative estimate of drug-likeness (QED) is 0.584. The van der Waals surface area contributed by atoms with Crippen LogP contribution in [0.25, 0.3) is 16.2 Å². The first-order valence-corrected chi connectivity index (χ1v) is 9.58. The summed E-state index contributed by atoms with van der Waals surface area (Å²) in [6, 6.07) is 6.27. The fourth-order valence-electron chi connectivity index (χ4n) is 2.55. The van der Waals surface area contributed by atoms with Crippen LogP contribution >= 0.6 is 22.7 Å². The van der Waals surface area contributed by atoms with E-state index in [1.54, 1.807) is 11.3 Å². The van der Waals surface area contributed by atoms with Crippen molar-refractivity contribution in [1.82, 2.24) is 14.4 Å². The first-order valence-electron chi connectivity index (χ1n) is 7.82. The summed E-state index contributed by atoms with van der Waals surface area (Å²) in [6.07, 6.45) is 4.06. The summed E-state index contributed by atoms with van der Waals surface area (Å²) in [6.45, 7) is 4.18. The van der Waals surface area contributed by atoms with Crippen LogP contribution in [0.15, 0.2) is 41.4 Å². The molecule has 0 aliphatic carbocycles. The fourth-order valence-corrected chi connectivity index (χ4v) is 4.01. The van der Waals surface area contributed by atoms with Gasteiger partial charge in [-0.1, -0.05) is 12.1 Å². The summed E-state index contributed by atoms with van der Waals surface area (Å²) in [5.74, 6) is -0.105. The zero-order chi connectivity index (χ0) is 17.4. The SMILES string of the molecule is Cc1ccc(-c2csc(NC(=O)Cc3cn4ccsc4n3)n2)cc1C. The molecule has 3 heterocycles. The Morgan fingerprint density at radius 3 is 2.88 bits per heavy atom. The molecule has 0 bridgehead atoms. The van der Waals surface area contributed by atoms with E-state index in [0.717, 1.165) is 21.9 Å². The highest BCUT2D eigenvalue weighted by Gasteiger charge is 2.11. The number of rotatable bonds is 4. The van der Waals surface area contributed by atoms with Crippen LogP contribution in [0.5, 0.6) is 0 Å². The number of benzene rings is 1. The first kappa shape index (κ1) is 16.0. The molecule has 0 saturated carbocycles. The number of hydrogen-bond donors (Lipinski definition) is 1. The molecule has 0 saturated heterocycles. The highest BCUT2D eigenvalue weighted by Crippen LogP contribution is 2.26. The van der Waals surface area contributed by atoms with Crippen molar-refractivity contribution in [1.29, 1.82) is 0 Å². The molecule has 0 atom stereocenters. The number of aromatic nitrogens is 3. The van der Waals surface area contributed by atoms with Crippen molar-refractivity contribution in [2.24, 2.45) is 0 Å². The molecule has 1 aromatic carbocycles. The molecule has 126 valence electrons. The lowest BCUT2D eigenvalue weighted by molar-refractivity contribution is -0.115. The lowest BCUT2D eigenvalue weighted by Gasteiger charge is -2.02. The summed E-state index contributed by atoms with van der Waals surface area (Å²) >= 11 is 2.99. The molecule has 0 aliphatic rings. The zero-order valence-electron chi connectivity index (χ0n) is 13.8. The van der Waals surface area contributed by atoms with E-state index < -0.39 is 0 Å². The topological polar surface area (TPSA) is 59.3 Å². The van der Waals surface area contributed by atoms with Gasteiger partial charge in [0, 0.05) is 28.7 Å². The van der Waals surface area contributed by atoms with Gasteiger partial charge in [-0.3, -0.25) is 9.20 Å². The van der Waals surface area contributed by atoms with Crippen LogP contribution in [0.2, 0.25) is 0 Å². The van der Waals surface area contributed by atoms with E-state index in [4.69, 9.17) is 0 Å². The smallest absolute Gasteiger partial charge is 0.232 e. The monoisotopic (exact) mass is 368 g/mol. The summed E-state index contributed by atoms with van der Waals surface area (Å²) in [5.41, 5.74) is 5.19. The predicted octanol–water partition coefficient (Wildman–Crippen LogP) is 4.32. The normalized spacial score (nSPS) is 11.1. The average molecular weight is 368 g/mol. The third kappa shape index (κ3) is 3.33. The Bertz CT molecular complexity index is 1030. The third-order valence-corrected chi connectivity index (χ3v) is 5.57. The number of hydrogen-bond acceptors (Lipinski definition) is 5. The molecule has 0 aliphatic heterocycles. The van der Waals surface area contributed by atoms with Crippen LogP contribution in [-0.4, -0.2) is 20.3 Å². The van der Waals surface area contributed by atoms with Crippen molar-refractivity contribution in [3.63, 3.8) is 0 Å². The summed E-state index contributed by atoms with van der Waals surface area (Å²) in [4.78, 5) is 22.1. The van der Waals surface area contributed by atoms with Crippen molar-refractivity contribution in [2.45, 2.75) is 20.3 Å². The molecular weight excluding hydrogens is 352 g/mol. The molecule has 0 unspecified atom stereocenters. The van der Waals surface area contributed by atoms with Crippen LogP contribution in [0.3, 0.4) is 0 Å². The minimum atomic E-state index is -0.105. The number of thiazole rings is 2. The van der Waals surface area contributed by atoms with Crippen LogP contribution in [-0.2, 0) is 11.2 Å².